The van der Waals surface area contributed by atoms with Crippen molar-refractivity contribution in [3.63, 3.8) is 0 Å². The molecule has 0 spiro atoms. The Morgan fingerprint density at radius 2 is 1.04 bits per heavy atom. The minimum absolute atomic E-state index is 0.755. The maximum absolute atomic E-state index is 3.91. The summed E-state index contributed by atoms with van der Waals surface area (Å²) in [5.41, 5.74) is 0. The van der Waals surface area contributed by atoms with Gasteiger partial charge in [-0.2, -0.15) is 0 Å². The molecule has 0 saturated carbocycles. The van der Waals surface area contributed by atoms with Crippen molar-refractivity contribution < 1.29 is 0 Å². The van der Waals surface area contributed by atoms with Gasteiger partial charge in [-0.05, 0) is 25.2 Å². The zero-order chi connectivity index (χ0) is 19.3. The first-order valence-electron chi connectivity index (χ1n) is 11.8. The van der Waals surface area contributed by atoms with Gasteiger partial charge in [-0.3, -0.25) is 0 Å². The lowest BCUT2D eigenvalue weighted by atomic mass is 9.86. The molecule has 2 radical (unpaired) electrons. The fourth-order valence-electron chi connectivity index (χ4n) is 3.78. The first-order chi connectivity index (χ1) is 12.7. The Hall–Kier alpha value is -0.440. The van der Waals surface area contributed by atoms with Crippen molar-refractivity contribution in [3.8, 4) is 11.8 Å². The van der Waals surface area contributed by atoms with Crippen LogP contribution >= 0.6 is 0 Å². The lowest BCUT2D eigenvalue weighted by Crippen LogP contribution is -2.08. The average molecular weight is 361 g/mol. The maximum Gasteiger partial charge on any atom is 0.00890 e. The molecule has 1 atom stereocenters. The molecular weight excluding hydrogens is 312 g/mol. The molecule has 0 saturated heterocycles. The van der Waals surface area contributed by atoms with Gasteiger partial charge in [0, 0.05) is 12.8 Å². The van der Waals surface area contributed by atoms with E-state index in [1.165, 1.54) is 96.3 Å². The van der Waals surface area contributed by atoms with Crippen LogP contribution in [-0.2, 0) is 0 Å². The molecule has 0 bridgehead atoms. The first kappa shape index (κ1) is 25.6. The molecule has 0 N–H and O–H groups in total. The van der Waals surface area contributed by atoms with Crippen molar-refractivity contribution in [1.29, 1.82) is 0 Å². The van der Waals surface area contributed by atoms with Crippen LogP contribution in [0, 0.1) is 37.5 Å². The third-order valence-corrected chi connectivity index (χ3v) is 5.64. The van der Waals surface area contributed by atoms with E-state index in [9.17, 15) is 0 Å². The molecule has 0 heterocycles. The van der Waals surface area contributed by atoms with E-state index >= 15 is 0 Å². The predicted molar refractivity (Wildman–Crippen MR) is 120 cm³/mol. The Morgan fingerprint density at radius 1 is 0.577 bits per heavy atom. The van der Waals surface area contributed by atoms with Crippen LogP contribution in [0.15, 0.2) is 0 Å². The van der Waals surface area contributed by atoms with E-state index in [2.05, 4.69) is 39.5 Å². The molecule has 0 aromatic carbocycles. The predicted octanol–water partition coefficient (Wildman–Crippen LogP) is 8.95. The van der Waals surface area contributed by atoms with Crippen molar-refractivity contribution in [1.82, 2.24) is 0 Å². The minimum Gasteiger partial charge on any atom is -0.103 e. The zero-order valence-corrected chi connectivity index (χ0v) is 18.3. The highest BCUT2D eigenvalue weighted by atomic mass is 14.2. The van der Waals surface area contributed by atoms with Crippen LogP contribution in [0.25, 0.3) is 0 Å². The van der Waals surface area contributed by atoms with Gasteiger partial charge in [0.2, 0.25) is 0 Å². The molecule has 0 aliphatic rings. The summed E-state index contributed by atoms with van der Waals surface area (Å²) in [5.74, 6) is 8.05. The van der Waals surface area contributed by atoms with Crippen LogP contribution in [0.2, 0.25) is 0 Å². The standard InChI is InChI=1S/C26H48/c1-5-7-9-11-13-14-15-16-17-18-20-22-24-26(25(3)4)23-21-19-12-10-8-6-2/h25-26H,1-2,5-7,9,11-24H2,3-4H3. The minimum atomic E-state index is 0.755. The first-order valence-corrected chi connectivity index (χ1v) is 11.8. The van der Waals surface area contributed by atoms with E-state index in [0.29, 0.717) is 0 Å². The van der Waals surface area contributed by atoms with Crippen molar-refractivity contribution in [2.24, 2.45) is 11.8 Å². The fourth-order valence-corrected chi connectivity index (χ4v) is 3.78. The molecule has 0 aliphatic heterocycles. The molecule has 0 aliphatic carbocycles. The Balaban J connectivity index is 3.45. The maximum atomic E-state index is 3.91. The van der Waals surface area contributed by atoms with Crippen molar-refractivity contribution >= 4 is 0 Å². The summed E-state index contributed by atoms with van der Waals surface area (Å²) >= 11 is 0. The summed E-state index contributed by atoms with van der Waals surface area (Å²) in [5, 5.41) is 0. The van der Waals surface area contributed by atoms with Gasteiger partial charge in [0.15, 0.2) is 0 Å². The van der Waals surface area contributed by atoms with Crippen molar-refractivity contribution in [2.45, 2.75) is 129 Å². The van der Waals surface area contributed by atoms with Gasteiger partial charge in [0.1, 0.15) is 0 Å². The third kappa shape index (κ3) is 18.4. The van der Waals surface area contributed by atoms with E-state index in [4.69, 9.17) is 0 Å². The summed E-state index contributed by atoms with van der Waals surface area (Å²) in [6.07, 6.45) is 24.1. The van der Waals surface area contributed by atoms with Crippen LogP contribution < -0.4 is 0 Å². The van der Waals surface area contributed by atoms with Crippen molar-refractivity contribution in [2.75, 3.05) is 0 Å². The van der Waals surface area contributed by atoms with Gasteiger partial charge < -0.3 is 0 Å². The third-order valence-electron chi connectivity index (χ3n) is 5.64. The topological polar surface area (TPSA) is 0 Å². The highest BCUT2D eigenvalue weighted by molar-refractivity contribution is 4.99. The second-order valence-electron chi connectivity index (χ2n) is 8.38. The molecule has 0 fully saturated rings. The van der Waals surface area contributed by atoms with Gasteiger partial charge in [-0.25, -0.2) is 0 Å². The van der Waals surface area contributed by atoms with E-state index in [0.717, 1.165) is 31.1 Å². The van der Waals surface area contributed by atoms with Gasteiger partial charge in [0.25, 0.3) is 0 Å². The van der Waals surface area contributed by atoms with Crippen LogP contribution in [-0.4, -0.2) is 0 Å². The molecule has 0 nitrogen and oxygen atoms in total. The number of hydrogen-bond donors (Lipinski definition) is 0. The molecule has 0 rings (SSSR count). The molecule has 152 valence electrons. The Bertz CT molecular complexity index is 317. The molecule has 0 amide bonds. The summed E-state index contributed by atoms with van der Waals surface area (Å²) in [6.45, 7) is 12.5. The molecular formula is C26H48. The van der Waals surface area contributed by atoms with Gasteiger partial charge in [-0.15, -0.1) is 11.8 Å². The molecule has 0 aromatic rings. The van der Waals surface area contributed by atoms with Gasteiger partial charge in [-0.1, -0.05) is 117 Å². The van der Waals surface area contributed by atoms with E-state index in [1.807, 2.05) is 0 Å². The zero-order valence-electron chi connectivity index (χ0n) is 18.3. The second kappa shape index (κ2) is 20.9. The fraction of sp³-hybridized carbons (Fsp3) is 0.846. The van der Waals surface area contributed by atoms with E-state index in [1.54, 1.807) is 0 Å². The summed E-state index contributed by atoms with van der Waals surface area (Å²) < 4.78 is 0. The van der Waals surface area contributed by atoms with Gasteiger partial charge >= 0.3 is 0 Å². The normalized spacial score (nSPS) is 12.2. The summed E-state index contributed by atoms with van der Waals surface area (Å²) in [6, 6.07) is 0. The SMILES string of the molecule is [CH2]CC#CCCCCC(CCCCCCCCCCCCC[CH2])C(C)C. The van der Waals surface area contributed by atoms with E-state index in [-0.39, 0.29) is 0 Å². The summed E-state index contributed by atoms with van der Waals surface area (Å²) in [7, 11) is 0. The van der Waals surface area contributed by atoms with Gasteiger partial charge in [0.05, 0.1) is 0 Å². The second-order valence-corrected chi connectivity index (χ2v) is 8.38. The highest BCUT2D eigenvalue weighted by Gasteiger charge is 2.12. The van der Waals surface area contributed by atoms with Crippen molar-refractivity contribution in [3.05, 3.63) is 13.8 Å². The quantitative estimate of drug-likeness (QED) is 0.169. The van der Waals surface area contributed by atoms with Crippen LogP contribution in [0.1, 0.15) is 129 Å². The Labute approximate surface area is 167 Å². The van der Waals surface area contributed by atoms with E-state index < -0.39 is 0 Å². The largest absolute Gasteiger partial charge is 0.103 e. The Morgan fingerprint density at radius 3 is 1.50 bits per heavy atom. The molecule has 1 unspecified atom stereocenters. The number of rotatable bonds is 18. The van der Waals surface area contributed by atoms with Crippen LogP contribution in [0.5, 0.6) is 0 Å². The number of hydrogen-bond acceptors (Lipinski definition) is 0. The lowest BCUT2D eigenvalue weighted by molar-refractivity contribution is 0.315. The van der Waals surface area contributed by atoms with Crippen LogP contribution in [0.3, 0.4) is 0 Å². The molecule has 0 heteroatoms. The lowest BCUT2D eigenvalue weighted by Gasteiger charge is -2.20. The van der Waals surface area contributed by atoms with Crippen LogP contribution in [0.4, 0.5) is 0 Å². The smallest absolute Gasteiger partial charge is 0.00890 e. The number of unbranched alkanes of at least 4 members (excludes halogenated alkanes) is 13. The Kier molecular flexibility index (Phi) is 20.5. The molecule has 26 heavy (non-hydrogen) atoms. The highest BCUT2D eigenvalue weighted by Crippen LogP contribution is 2.25. The summed E-state index contributed by atoms with van der Waals surface area (Å²) in [4.78, 5) is 0. The monoisotopic (exact) mass is 360 g/mol. The average Bonchev–Trinajstić information content (AvgIpc) is 2.63. The molecule has 0 aromatic heterocycles.